The maximum Gasteiger partial charge on any atom is 0.172 e. The van der Waals surface area contributed by atoms with Crippen LogP contribution in [0, 0.1) is 6.92 Å². The van der Waals surface area contributed by atoms with Gasteiger partial charge in [-0.3, -0.25) is 9.78 Å². The van der Waals surface area contributed by atoms with E-state index in [1.54, 1.807) is 6.20 Å². The molecular formula is C15H13NO. The molecule has 1 heterocycles. The van der Waals surface area contributed by atoms with Crippen LogP contribution in [0.5, 0.6) is 0 Å². The Morgan fingerprint density at radius 2 is 2.06 bits per heavy atom. The Balaban J connectivity index is 1.88. The zero-order valence-corrected chi connectivity index (χ0v) is 9.68. The molecule has 0 radical (unpaired) electrons. The lowest BCUT2D eigenvalue weighted by Crippen LogP contribution is -2.25. The average Bonchev–Trinajstić information content (AvgIpc) is 2.31. The maximum absolute atomic E-state index is 12.3. The summed E-state index contributed by atoms with van der Waals surface area (Å²) in [6.45, 7) is 1.92. The number of carbonyl (C=O) groups is 1. The van der Waals surface area contributed by atoms with Crippen LogP contribution < -0.4 is 0 Å². The Hall–Kier alpha value is -1.96. The summed E-state index contributed by atoms with van der Waals surface area (Å²) in [5.41, 5.74) is 4.13. The fourth-order valence-corrected chi connectivity index (χ4v) is 2.31. The summed E-state index contributed by atoms with van der Waals surface area (Å²) in [7, 11) is 0. The predicted molar refractivity (Wildman–Crippen MR) is 66.2 cm³/mol. The SMILES string of the molecule is Cc1ccc(C(=O)C2Cc3ccccc32)cn1. The number of aromatic nitrogens is 1. The second-order valence-electron chi connectivity index (χ2n) is 4.51. The number of fused-ring (bicyclic) bond motifs is 1. The molecule has 1 atom stereocenters. The standard InChI is InChI=1S/C15H13NO/c1-10-6-7-12(9-16-10)15(17)14-8-11-4-2-3-5-13(11)14/h2-7,9,14H,8H2,1H3. The summed E-state index contributed by atoms with van der Waals surface area (Å²) in [6, 6.07) is 11.9. The van der Waals surface area contributed by atoms with Gasteiger partial charge in [0.2, 0.25) is 0 Å². The molecule has 1 aliphatic rings. The van der Waals surface area contributed by atoms with Crippen molar-refractivity contribution in [3.63, 3.8) is 0 Å². The Labute approximate surface area is 100 Å². The second-order valence-corrected chi connectivity index (χ2v) is 4.51. The van der Waals surface area contributed by atoms with Gasteiger partial charge in [0, 0.05) is 17.5 Å². The van der Waals surface area contributed by atoms with Crippen LogP contribution in [-0.2, 0) is 6.42 Å². The van der Waals surface area contributed by atoms with Gasteiger partial charge in [0.15, 0.2) is 5.78 Å². The number of hydrogen-bond acceptors (Lipinski definition) is 2. The number of ketones is 1. The molecule has 2 heteroatoms. The highest BCUT2D eigenvalue weighted by molar-refractivity contribution is 6.02. The van der Waals surface area contributed by atoms with E-state index in [0.717, 1.165) is 17.7 Å². The van der Waals surface area contributed by atoms with Crippen molar-refractivity contribution in [3.8, 4) is 0 Å². The third-order valence-electron chi connectivity index (χ3n) is 3.37. The van der Waals surface area contributed by atoms with Gasteiger partial charge < -0.3 is 0 Å². The Morgan fingerprint density at radius 1 is 1.24 bits per heavy atom. The molecule has 1 aromatic carbocycles. The number of benzene rings is 1. The van der Waals surface area contributed by atoms with Crippen LogP contribution in [0.15, 0.2) is 42.6 Å². The maximum atomic E-state index is 12.3. The fourth-order valence-electron chi connectivity index (χ4n) is 2.31. The van der Waals surface area contributed by atoms with E-state index in [4.69, 9.17) is 0 Å². The van der Waals surface area contributed by atoms with E-state index in [1.165, 1.54) is 11.1 Å². The molecular weight excluding hydrogens is 210 g/mol. The summed E-state index contributed by atoms with van der Waals surface area (Å²) >= 11 is 0. The monoisotopic (exact) mass is 223 g/mol. The Bertz CT molecular complexity index is 572. The molecule has 0 amide bonds. The van der Waals surface area contributed by atoms with Crippen molar-refractivity contribution in [2.75, 3.05) is 0 Å². The van der Waals surface area contributed by atoms with Crippen molar-refractivity contribution in [2.45, 2.75) is 19.3 Å². The van der Waals surface area contributed by atoms with Crippen molar-refractivity contribution >= 4 is 5.78 Å². The lowest BCUT2D eigenvalue weighted by atomic mass is 9.74. The highest BCUT2D eigenvalue weighted by Crippen LogP contribution is 2.36. The van der Waals surface area contributed by atoms with Gasteiger partial charge in [-0.2, -0.15) is 0 Å². The van der Waals surface area contributed by atoms with Crippen LogP contribution in [0.25, 0.3) is 0 Å². The third-order valence-corrected chi connectivity index (χ3v) is 3.37. The molecule has 84 valence electrons. The molecule has 17 heavy (non-hydrogen) atoms. The van der Waals surface area contributed by atoms with Gasteiger partial charge in [-0.25, -0.2) is 0 Å². The number of hydrogen-bond donors (Lipinski definition) is 0. The van der Waals surface area contributed by atoms with Crippen molar-refractivity contribution in [2.24, 2.45) is 0 Å². The number of aryl methyl sites for hydroxylation is 1. The zero-order chi connectivity index (χ0) is 11.8. The minimum absolute atomic E-state index is 0.0377. The molecule has 1 aromatic heterocycles. The minimum Gasteiger partial charge on any atom is -0.293 e. The van der Waals surface area contributed by atoms with Crippen molar-refractivity contribution in [1.82, 2.24) is 4.98 Å². The van der Waals surface area contributed by atoms with E-state index in [9.17, 15) is 4.79 Å². The Morgan fingerprint density at radius 3 is 2.76 bits per heavy atom. The molecule has 0 spiro atoms. The van der Waals surface area contributed by atoms with Crippen LogP contribution in [0.3, 0.4) is 0 Å². The van der Waals surface area contributed by atoms with Gasteiger partial charge in [0.1, 0.15) is 0 Å². The van der Waals surface area contributed by atoms with Gasteiger partial charge in [-0.15, -0.1) is 0 Å². The first-order valence-electron chi connectivity index (χ1n) is 5.80. The lowest BCUT2D eigenvalue weighted by molar-refractivity contribution is 0.0948. The topological polar surface area (TPSA) is 30.0 Å². The summed E-state index contributed by atoms with van der Waals surface area (Å²) < 4.78 is 0. The molecule has 0 N–H and O–H groups in total. The third kappa shape index (κ3) is 1.66. The molecule has 0 fully saturated rings. The highest BCUT2D eigenvalue weighted by Gasteiger charge is 2.32. The van der Waals surface area contributed by atoms with Gasteiger partial charge in [0.05, 0.1) is 5.92 Å². The molecule has 2 aromatic rings. The van der Waals surface area contributed by atoms with Gasteiger partial charge in [0.25, 0.3) is 0 Å². The van der Waals surface area contributed by atoms with Crippen molar-refractivity contribution in [1.29, 1.82) is 0 Å². The van der Waals surface area contributed by atoms with Gasteiger partial charge in [-0.1, -0.05) is 24.3 Å². The van der Waals surface area contributed by atoms with Crippen LogP contribution in [-0.4, -0.2) is 10.8 Å². The van der Waals surface area contributed by atoms with E-state index >= 15 is 0 Å². The van der Waals surface area contributed by atoms with Gasteiger partial charge in [-0.05, 0) is 36.6 Å². The number of carbonyl (C=O) groups excluding carboxylic acids is 1. The quantitative estimate of drug-likeness (QED) is 0.733. The average molecular weight is 223 g/mol. The van der Waals surface area contributed by atoms with E-state index in [2.05, 4.69) is 11.1 Å². The fraction of sp³-hybridized carbons (Fsp3) is 0.200. The largest absolute Gasteiger partial charge is 0.293 e. The van der Waals surface area contributed by atoms with Crippen LogP contribution in [0.2, 0.25) is 0 Å². The summed E-state index contributed by atoms with van der Waals surface area (Å²) in [5.74, 6) is 0.229. The molecule has 2 nitrogen and oxygen atoms in total. The first-order valence-corrected chi connectivity index (χ1v) is 5.80. The molecule has 0 saturated heterocycles. The Kier molecular flexibility index (Phi) is 2.29. The van der Waals surface area contributed by atoms with E-state index in [-0.39, 0.29) is 11.7 Å². The molecule has 1 unspecified atom stereocenters. The normalized spacial score (nSPS) is 17.1. The first kappa shape index (κ1) is 10.2. The summed E-state index contributed by atoms with van der Waals surface area (Å²) in [4.78, 5) is 16.4. The lowest BCUT2D eigenvalue weighted by Gasteiger charge is -2.28. The van der Waals surface area contributed by atoms with E-state index < -0.39 is 0 Å². The smallest absolute Gasteiger partial charge is 0.172 e. The predicted octanol–water partition coefficient (Wildman–Crippen LogP) is 2.91. The number of Topliss-reactive ketones (excluding diaryl/α,β-unsaturated/α-hetero) is 1. The summed E-state index contributed by atoms with van der Waals surface area (Å²) in [6.07, 6.45) is 2.54. The van der Waals surface area contributed by atoms with Crippen molar-refractivity contribution < 1.29 is 4.79 Å². The summed E-state index contributed by atoms with van der Waals surface area (Å²) in [5, 5.41) is 0. The molecule has 3 rings (SSSR count). The van der Waals surface area contributed by atoms with Crippen LogP contribution >= 0.6 is 0 Å². The number of rotatable bonds is 2. The van der Waals surface area contributed by atoms with E-state index in [0.29, 0.717) is 0 Å². The second kappa shape index (κ2) is 3.81. The van der Waals surface area contributed by atoms with Crippen LogP contribution in [0.4, 0.5) is 0 Å². The molecule has 1 aliphatic carbocycles. The molecule has 0 saturated carbocycles. The van der Waals surface area contributed by atoms with Crippen LogP contribution in [0.1, 0.15) is 33.1 Å². The highest BCUT2D eigenvalue weighted by atomic mass is 16.1. The van der Waals surface area contributed by atoms with Crippen molar-refractivity contribution in [3.05, 3.63) is 65.0 Å². The van der Waals surface area contributed by atoms with E-state index in [1.807, 2.05) is 37.3 Å². The molecule has 0 aliphatic heterocycles. The van der Waals surface area contributed by atoms with Gasteiger partial charge >= 0.3 is 0 Å². The molecule has 0 bridgehead atoms. The zero-order valence-electron chi connectivity index (χ0n) is 9.68. The first-order chi connectivity index (χ1) is 8.25. The number of pyridine rings is 1. The number of nitrogens with zero attached hydrogens (tertiary/aromatic N) is 1. The minimum atomic E-state index is 0.0377.